The third-order valence-electron chi connectivity index (χ3n) is 3.59. The Balaban J connectivity index is 2.19. The van der Waals surface area contributed by atoms with Gasteiger partial charge in [-0.1, -0.05) is 0 Å². The van der Waals surface area contributed by atoms with Crippen molar-refractivity contribution in [3.63, 3.8) is 0 Å². The fraction of sp³-hybridized carbons (Fsp3) is 0.571. The molecular formula is C14H21N3O2. The first-order chi connectivity index (χ1) is 9.26. The van der Waals surface area contributed by atoms with E-state index < -0.39 is 0 Å². The second-order valence-electron chi connectivity index (χ2n) is 4.90. The molecule has 2 heterocycles. The highest BCUT2D eigenvalue weighted by Gasteiger charge is 2.24. The van der Waals surface area contributed by atoms with Crippen LogP contribution in [0.15, 0.2) is 18.3 Å². The van der Waals surface area contributed by atoms with Crippen molar-refractivity contribution in [2.45, 2.75) is 19.3 Å². The molecule has 1 aliphatic heterocycles. The fourth-order valence-corrected chi connectivity index (χ4v) is 2.65. The quantitative estimate of drug-likeness (QED) is 0.832. The summed E-state index contributed by atoms with van der Waals surface area (Å²) in [4.78, 5) is 18.3. The molecule has 5 nitrogen and oxygen atoms in total. The normalized spacial score (nSPS) is 19.3. The Kier molecular flexibility index (Phi) is 4.74. The van der Waals surface area contributed by atoms with Crippen LogP contribution in [0.4, 0.5) is 5.82 Å². The summed E-state index contributed by atoms with van der Waals surface area (Å²) in [5, 5.41) is 0. The van der Waals surface area contributed by atoms with Gasteiger partial charge in [0, 0.05) is 19.3 Å². The van der Waals surface area contributed by atoms with E-state index in [1.165, 1.54) is 13.5 Å². The van der Waals surface area contributed by atoms with Gasteiger partial charge in [-0.15, -0.1) is 0 Å². The number of anilines is 1. The van der Waals surface area contributed by atoms with E-state index in [1.807, 2.05) is 0 Å². The second kappa shape index (κ2) is 6.52. The molecule has 1 aliphatic rings. The Morgan fingerprint density at radius 3 is 3.21 bits per heavy atom. The van der Waals surface area contributed by atoms with Gasteiger partial charge in [0.1, 0.15) is 11.4 Å². The van der Waals surface area contributed by atoms with Crippen LogP contribution in [-0.2, 0) is 4.74 Å². The van der Waals surface area contributed by atoms with E-state index in [0.717, 1.165) is 31.7 Å². The number of carbonyl (C=O) groups excluding carboxylic acids is 1. The van der Waals surface area contributed by atoms with Crippen molar-refractivity contribution < 1.29 is 9.53 Å². The number of ether oxygens (including phenoxy) is 1. The van der Waals surface area contributed by atoms with Gasteiger partial charge in [0.2, 0.25) is 0 Å². The van der Waals surface area contributed by atoms with Crippen LogP contribution in [0, 0.1) is 5.92 Å². The van der Waals surface area contributed by atoms with E-state index in [4.69, 9.17) is 10.5 Å². The van der Waals surface area contributed by atoms with Crippen LogP contribution in [0.3, 0.4) is 0 Å². The minimum Gasteiger partial charge on any atom is -0.465 e. The summed E-state index contributed by atoms with van der Waals surface area (Å²) in [6, 6.07) is 3.53. The maximum Gasteiger partial charge on any atom is 0.341 e. The summed E-state index contributed by atoms with van der Waals surface area (Å²) in [6.07, 6.45) is 5.06. The Morgan fingerprint density at radius 1 is 1.63 bits per heavy atom. The van der Waals surface area contributed by atoms with Crippen LogP contribution >= 0.6 is 0 Å². The third-order valence-corrected chi connectivity index (χ3v) is 3.59. The first-order valence-corrected chi connectivity index (χ1v) is 6.74. The maximum absolute atomic E-state index is 11.8. The molecule has 1 aromatic heterocycles. The summed E-state index contributed by atoms with van der Waals surface area (Å²) in [6.45, 7) is 2.56. The lowest BCUT2D eigenvalue weighted by atomic mass is 9.94. The van der Waals surface area contributed by atoms with Crippen LogP contribution in [0.5, 0.6) is 0 Å². The zero-order valence-electron chi connectivity index (χ0n) is 11.3. The molecule has 1 unspecified atom stereocenters. The number of nitrogens with two attached hydrogens (primary N) is 1. The lowest BCUT2D eigenvalue weighted by Gasteiger charge is -2.34. The largest absolute Gasteiger partial charge is 0.465 e. The first-order valence-electron chi connectivity index (χ1n) is 6.74. The summed E-state index contributed by atoms with van der Waals surface area (Å²) >= 11 is 0. The molecule has 1 fully saturated rings. The number of pyridine rings is 1. The van der Waals surface area contributed by atoms with E-state index >= 15 is 0 Å². The molecule has 5 heteroatoms. The average molecular weight is 263 g/mol. The first kappa shape index (κ1) is 13.8. The van der Waals surface area contributed by atoms with E-state index in [2.05, 4.69) is 9.88 Å². The van der Waals surface area contributed by atoms with Crippen molar-refractivity contribution in [1.29, 1.82) is 0 Å². The van der Waals surface area contributed by atoms with E-state index in [1.54, 1.807) is 18.3 Å². The van der Waals surface area contributed by atoms with Crippen LogP contribution in [0.1, 0.15) is 29.6 Å². The van der Waals surface area contributed by atoms with Gasteiger partial charge < -0.3 is 15.4 Å². The van der Waals surface area contributed by atoms with Gasteiger partial charge in [0.05, 0.1) is 7.11 Å². The number of esters is 1. The second-order valence-corrected chi connectivity index (χ2v) is 4.90. The molecule has 1 saturated heterocycles. The van der Waals surface area contributed by atoms with Gasteiger partial charge in [-0.25, -0.2) is 9.78 Å². The lowest BCUT2D eigenvalue weighted by Crippen LogP contribution is -2.37. The Labute approximate surface area is 113 Å². The standard InChI is InChI=1S/C14H21N3O2/c1-19-14(18)12-5-2-8-16-13(12)17-9-3-4-11(10-17)6-7-15/h2,5,8,11H,3-4,6-7,9-10,15H2,1H3. The predicted octanol–water partition coefficient (Wildman–Crippen LogP) is 1.43. The molecule has 1 atom stereocenters. The minimum absolute atomic E-state index is 0.330. The molecule has 19 heavy (non-hydrogen) atoms. The fourth-order valence-electron chi connectivity index (χ4n) is 2.65. The van der Waals surface area contributed by atoms with Gasteiger partial charge in [0.25, 0.3) is 0 Å². The molecule has 2 rings (SSSR count). The monoisotopic (exact) mass is 263 g/mol. The molecule has 2 N–H and O–H groups in total. The molecular weight excluding hydrogens is 242 g/mol. The van der Waals surface area contributed by atoms with Gasteiger partial charge in [0.15, 0.2) is 0 Å². The van der Waals surface area contributed by atoms with Gasteiger partial charge in [-0.3, -0.25) is 0 Å². The summed E-state index contributed by atoms with van der Waals surface area (Å²) < 4.78 is 4.82. The number of rotatable bonds is 4. The number of nitrogens with zero attached hydrogens (tertiary/aromatic N) is 2. The maximum atomic E-state index is 11.8. The summed E-state index contributed by atoms with van der Waals surface area (Å²) in [5.74, 6) is 0.992. The van der Waals surface area contributed by atoms with Crippen molar-refractivity contribution in [2.24, 2.45) is 11.7 Å². The number of carbonyl (C=O) groups is 1. The van der Waals surface area contributed by atoms with Crippen molar-refractivity contribution >= 4 is 11.8 Å². The Morgan fingerprint density at radius 2 is 2.47 bits per heavy atom. The van der Waals surface area contributed by atoms with E-state index in [9.17, 15) is 4.79 Å². The van der Waals surface area contributed by atoms with E-state index in [0.29, 0.717) is 18.0 Å². The van der Waals surface area contributed by atoms with Crippen molar-refractivity contribution in [2.75, 3.05) is 31.6 Å². The van der Waals surface area contributed by atoms with Crippen molar-refractivity contribution in [3.8, 4) is 0 Å². The lowest BCUT2D eigenvalue weighted by molar-refractivity contribution is 0.0601. The van der Waals surface area contributed by atoms with Crippen LogP contribution in [0.25, 0.3) is 0 Å². The minimum atomic E-state index is -0.330. The molecule has 0 spiro atoms. The van der Waals surface area contributed by atoms with Crippen molar-refractivity contribution in [3.05, 3.63) is 23.9 Å². The zero-order chi connectivity index (χ0) is 13.7. The van der Waals surface area contributed by atoms with Gasteiger partial charge >= 0.3 is 5.97 Å². The number of hydrogen-bond acceptors (Lipinski definition) is 5. The number of piperidine rings is 1. The molecule has 0 amide bonds. The third kappa shape index (κ3) is 3.23. The van der Waals surface area contributed by atoms with E-state index in [-0.39, 0.29) is 5.97 Å². The van der Waals surface area contributed by atoms with Gasteiger partial charge in [-0.05, 0) is 43.9 Å². The van der Waals surface area contributed by atoms with Crippen molar-refractivity contribution in [1.82, 2.24) is 4.98 Å². The van der Waals surface area contributed by atoms with Crippen LogP contribution in [0.2, 0.25) is 0 Å². The molecule has 0 saturated carbocycles. The highest BCUT2D eigenvalue weighted by atomic mass is 16.5. The molecule has 0 aromatic carbocycles. The Hall–Kier alpha value is -1.62. The summed E-state index contributed by atoms with van der Waals surface area (Å²) in [5.41, 5.74) is 6.18. The zero-order valence-corrected chi connectivity index (χ0v) is 11.3. The SMILES string of the molecule is COC(=O)c1cccnc1N1CCCC(CCN)C1. The Bertz CT molecular complexity index is 434. The molecule has 0 aliphatic carbocycles. The molecule has 1 aromatic rings. The topological polar surface area (TPSA) is 68.5 Å². The van der Waals surface area contributed by atoms with Crippen LogP contribution in [-0.4, -0.2) is 37.7 Å². The highest BCUT2D eigenvalue weighted by molar-refractivity contribution is 5.94. The smallest absolute Gasteiger partial charge is 0.341 e. The molecule has 104 valence electrons. The summed E-state index contributed by atoms with van der Waals surface area (Å²) in [7, 11) is 1.40. The number of hydrogen-bond donors (Lipinski definition) is 1. The van der Waals surface area contributed by atoms with Gasteiger partial charge in [-0.2, -0.15) is 0 Å². The number of methoxy groups -OCH3 is 1. The molecule has 0 radical (unpaired) electrons. The molecule has 0 bridgehead atoms. The predicted molar refractivity (Wildman–Crippen MR) is 74.2 cm³/mol. The number of aromatic nitrogens is 1. The van der Waals surface area contributed by atoms with Crippen LogP contribution < -0.4 is 10.6 Å². The highest BCUT2D eigenvalue weighted by Crippen LogP contribution is 2.26. The average Bonchev–Trinajstić information content (AvgIpc) is 2.47.